The van der Waals surface area contributed by atoms with Crippen molar-refractivity contribution in [2.75, 3.05) is 46.1 Å². The van der Waals surface area contributed by atoms with Crippen molar-refractivity contribution in [3.63, 3.8) is 0 Å². The molecule has 0 aliphatic heterocycles. The molecule has 0 aromatic heterocycles. The summed E-state index contributed by atoms with van der Waals surface area (Å²) in [5.41, 5.74) is 5.32. The lowest BCUT2D eigenvalue weighted by Gasteiger charge is -2.08. The van der Waals surface area contributed by atoms with E-state index in [1.165, 1.54) is 0 Å². The number of hydrogen-bond acceptors (Lipinski definition) is 7. The lowest BCUT2D eigenvalue weighted by atomic mass is 10.5. The van der Waals surface area contributed by atoms with Gasteiger partial charge in [0.05, 0.1) is 0 Å². The first-order valence-electron chi connectivity index (χ1n) is 6.38. The minimum atomic E-state index is -0.605. The molecule has 0 saturated heterocycles. The van der Waals surface area contributed by atoms with E-state index in [4.69, 9.17) is 5.73 Å². The van der Waals surface area contributed by atoms with Gasteiger partial charge < -0.3 is 31.2 Å². The summed E-state index contributed by atoms with van der Waals surface area (Å²) in [5, 5.41) is 8.78. The molecule has 8 nitrogen and oxygen atoms in total. The molecule has 0 spiro atoms. The van der Waals surface area contributed by atoms with Crippen molar-refractivity contribution in [1.29, 1.82) is 0 Å². The number of hydrogen-bond donors (Lipinski definition) is 4. The Labute approximate surface area is 113 Å². The van der Waals surface area contributed by atoms with Gasteiger partial charge in [-0.15, -0.1) is 0 Å². The number of alkyl carbamates (subject to hydrolysis) is 1. The van der Waals surface area contributed by atoms with E-state index in [1.54, 1.807) is 6.92 Å². The maximum atomic E-state index is 11.1. The molecule has 0 heterocycles. The average Bonchev–Trinajstić information content (AvgIpc) is 2.41. The maximum Gasteiger partial charge on any atom is 0.410 e. The lowest BCUT2D eigenvalue weighted by molar-refractivity contribution is -0.151. The van der Waals surface area contributed by atoms with Crippen molar-refractivity contribution in [1.82, 2.24) is 16.0 Å². The van der Waals surface area contributed by atoms with Gasteiger partial charge in [-0.3, -0.25) is 4.79 Å². The van der Waals surface area contributed by atoms with Gasteiger partial charge in [0, 0.05) is 45.7 Å². The Morgan fingerprint density at radius 3 is 2.26 bits per heavy atom. The summed E-state index contributed by atoms with van der Waals surface area (Å²) in [6.07, 6.45) is -0.348. The third kappa shape index (κ3) is 12.9. The fourth-order valence-corrected chi connectivity index (χ4v) is 1.08. The monoisotopic (exact) mass is 276 g/mol. The second-order valence-corrected chi connectivity index (χ2v) is 3.63. The molecule has 0 aromatic carbocycles. The van der Waals surface area contributed by atoms with E-state index in [1.807, 2.05) is 0 Å². The topological polar surface area (TPSA) is 115 Å². The van der Waals surface area contributed by atoms with Gasteiger partial charge in [-0.2, -0.15) is 0 Å². The third-order valence-corrected chi connectivity index (χ3v) is 2.07. The van der Waals surface area contributed by atoms with Gasteiger partial charge >= 0.3 is 12.1 Å². The number of carbonyl (C=O) groups is 2. The minimum absolute atomic E-state index is 0.257. The first kappa shape index (κ1) is 17.6. The van der Waals surface area contributed by atoms with E-state index in [0.29, 0.717) is 19.6 Å². The summed E-state index contributed by atoms with van der Waals surface area (Å²) in [7, 11) is 0. The number of amides is 1. The fraction of sp³-hybridized carbons (Fsp3) is 0.818. The molecule has 0 unspecified atom stereocenters. The molecule has 0 aliphatic carbocycles. The van der Waals surface area contributed by atoms with Gasteiger partial charge in [0.1, 0.15) is 0 Å². The third-order valence-electron chi connectivity index (χ3n) is 2.07. The molecule has 0 radical (unpaired) electrons. The van der Waals surface area contributed by atoms with Crippen LogP contribution in [0.25, 0.3) is 0 Å². The molecule has 0 saturated carbocycles. The second-order valence-electron chi connectivity index (χ2n) is 3.63. The van der Waals surface area contributed by atoms with E-state index in [-0.39, 0.29) is 13.2 Å². The van der Waals surface area contributed by atoms with Crippen LogP contribution >= 0.6 is 0 Å². The van der Waals surface area contributed by atoms with Gasteiger partial charge in [-0.1, -0.05) is 6.92 Å². The largest absolute Gasteiger partial charge is 0.428 e. The van der Waals surface area contributed by atoms with E-state index in [2.05, 4.69) is 25.4 Å². The molecular formula is C11H24N4O4. The average molecular weight is 276 g/mol. The van der Waals surface area contributed by atoms with Crippen LogP contribution in [0.15, 0.2) is 0 Å². The van der Waals surface area contributed by atoms with E-state index in [0.717, 1.165) is 19.6 Å². The van der Waals surface area contributed by atoms with Crippen LogP contribution in [0.2, 0.25) is 0 Å². The van der Waals surface area contributed by atoms with Crippen LogP contribution in [0.4, 0.5) is 4.79 Å². The van der Waals surface area contributed by atoms with Crippen LogP contribution < -0.4 is 21.7 Å². The Bertz CT molecular complexity index is 251. The minimum Gasteiger partial charge on any atom is -0.428 e. The Morgan fingerprint density at radius 1 is 1.00 bits per heavy atom. The molecule has 112 valence electrons. The van der Waals surface area contributed by atoms with Crippen LogP contribution in [0.1, 0.15) is 13.3 Å². The highest BCUT2D eigenvalue weighted by Gasteiger charge is 2.02. The quantitative estimate of drug-likeness (QED) is 0.212. The summed E-state index contributed by atoms with van der Waals surface area (Å²) in [4.78, 5) is 21.9. The molecule has 8 heteroatoms. The highest BCUT2D eigenvalue weighted by molar-refractivity contribution is 5.69. The summed E-state index contributed by atoms with van der Waals surface area (Å²) >= 11 is 0. The predicted octanol–water partition coefficient (Wildman–Crippen LogP) is -1.24. The molecular weight excluding hydrogens is 252 g/mol. The molecule has 0 aromatic rings. The summed E-state index contributed by atoms with van der Waals surface area (Å²) < 4.78 is 9.22. The highest BCUT2D eigenvalue weighted by Crippen LogP contribution is 1.85. The maximum absolute atomic E-state index is 11.1. The van der Waals surface area contributed by atoms with Gasteiger partial charge in [0.25, 0.3) is 0 Å². The van der Waals surface area contributed by atoms with Crippen LogP contribution in [-0.2, 0) is 14.3 Å². The van der Waals surface area contributed by atoms with Crippen LogP contribution in [-0.4, -0.2) is 58.1 Å². The van der Waals surface area contributed by atoms with Crippen molar-refractivity contribution in [2.45, 2.75) is 13.3 Å². The molecule has 0 rings (SSSR count). The van der Waals surface area contributed by atoms with Gasteiger partial charge in [0.15, 0.2) is 0 Å². The summed E-state index contributed by atoms with van der Waals surface area (Å²) in [6, 6.07) is 0. The Morgan fingerprint density at radius 2 is 1.63 bits per heavy atom. The Balaban J connectivity index is 3.22. The van der Waals surface area contributed by atoms with Crippen molar-refractivity contribution in [3.8, 4) is 0 Å². The van der Waals surface area contributed by atoms with E-state index in [9.17, 15) is 9.59 Å². The zero-order valence-corrected chi connectivity index (χ0v) is 11.4. The van der Waals surface area contributed by atoms with Crippen molar-refractivity contribution < 1.29 is 19.1 Å². The summed E-state index contributed by atoms with van der Waals surface area (Å²) in [6.45, 7) is 5.43. The number of nitrogens with two attached hydrogens (primary N) is 1. The second kappa shape index (κ2) is 13.1. The van der Waals surface area contributed by atoms with Gasteiger partial charge in [-0.25, -0.2) is 4.79 Å². The van der Waals surface area contributed by atoms with Crippen LogP contribution in [0, 0.1) is 0 Å². The smallest absolute Gasteiger partial charge is 0.410 e. The number of rotatable bonds is 11. The molecule has 19 heavy (non-hydrogen) atoms. The van der Waals surface area contributed by atoms with E-state index < -0.39 is 12.1 Å². The highest BCUT2D eigenvalue weighted by atomic mass is 16.7. The molecule has 0 aliphatic rings. The molecule has 0 atom stereocenters. The standard InChI is InChI=1S/C11H24N4O4/c1-2-10(16)18-9-19-11(17)15-8-7-14-6-5-13-4-3-12/h13-14H,2-9,12H2,1H3,(H,15,17). The predicted molar refractivity (Wildman–Crippen MR) is 70.5 cm³/mol. The van der Waals surface area contributed by atoms with Crippen LogP contribution in [0.5, 0.6) is 0 Å². The zero-order chi connectivity index (χ0) is 14.3. The number of esters is 1. The number of carbonyl (C=O) groups excluding carboxylic acids is 2. The normalized spacial score (nSPS) is 10.0. The molecule has 5 N–H and O–H groups in total. The van der Waals surface area contributed by atoms with Crippen LogP contribution in [0.3, 0.4) is 0 Å². The number of ether oxygens (including phenoxy) is 2. The van der Waals surface area contributed by atoms with Crippen molar-refractivity contribution >= 4 is 12.1 Å². The van der Waals surface area contributed by atoms with E-state index >= 15 is 0 Å². The molecule has 0 bridgehead atoms. The lowest BCUT2D eigenvalue weighted by Crippen LogP contribution is -2.36. The molecule has 1 amide bonds. The first-order valence-corrected chi connectivity index (χ1v) is 6.38. The summed E-state index contributed by atoms with van der Waals surface area (Å²) in [5.74, 6) is -0.403. The van der Waals surface area contributed by atoms with Gasteiger partial charge in [0.2, 0.25) is 6.79 Å². The Hall–Kier alpha value is -1.38. The first-order chi connectivity index (χ1) is 9.20. The zero-order valence-electron chi connectivity index (χ0n) is 11.4. The van der Waals surface area contributed by atoms with Crippen molar-refractivity contribution in [2.24, 2.45) is 5.73 Å². The molecule has 0 fully saturated rings. The van der Waals surface area contributed by atoms with Gasteiger partial charge in [-0.05, 0) is 0 Å². The van der Waals surface area contributed by atoms with Crippen molar-refractivity contribution in [3.05, 3.63) is 0 Å². The number of nitrogens with one attached hydrogen (secondary N) is 3. The SMILES string of the molecule is CCC(=O)OCOC(=O)NCCNCCNCCN. The fourth-order valence-electron chi connectivity index (χ4n) is 1.08. The Kier molecular flexibility index (Phi) is 12.1.